The fourth-order valence-corrected chi connectivity index (χ4v) is 3.10. The number of nitrogens with one attached hydrogen (secondary N) is 2. The monoisotopic (exact) mass is 346 g/mol. The highest BCUT2D eigenvalue weighted by Gasteiger charge is 2.27. The molecule has 0 unspecified atom stereocenters. The fraction of sp³-hybridized carbons (Fsp3) is 0.333. The highest BCUT2D eigenvalue weighted by atomic mass is 35.5. The van der Waals surface area contributed by atoms with Crippen LogP contribution in [0.3, 0.4) is 0 Å². The number of halogens is 1. The Balaban J connectivity index is 1.42. The van der Waals surface area contributed by atoms with E-state index in [-0.39, 0.29) is 11.8 Å². The third kappa shape index (κ3) is 4.69. The lowest BCUT2D eigenvalue weighted by Gasteiger charge is -2.28. The molecular weight excluding hydrogens is 326 g/mol. The van der Waals surface area contributed by atoms with E-state index < -0.39 is 0 Å². The molecule has 0 atom stereocenters. The van der Waals surface area contributed by atoms with Crippen molar-refractivity contribution in [3.05, 3.63) is 59.0 Å². The second kappa shape index (κ2) is 8.13. The van der Waals surface area contributed by atoms with Gasteiger partial charge in [-0.2, -0.15) is 5.10 Å². The number of furan rings is 1. The lowest BCUT2D eigenvalue weighted by molar-refractivity contribution is -0.919. The van der Waals surface area contributed by atoms with Crippen LogP contribution in [0, 0.1) is 5.92 Å². The summed E-state index contributed by atoms with van der Waals surface area (Å²) in [6.45, 7) is 2.95. The largest absolute Gasteiger partial charge is 0.463 e. The Morgan fingerprint density at radius 3 is 2.71 bits per heavy atom. The van der Waals surface area contributed by atoms with E-state index in [0.717, 1.165) is 37.5 Å². The molecule has 0 spiro atoms. The van der Waals surface area contributed by atoms with Gasteiger partial charge in [-0.05, 0) is 24.3 Å². The Morgan fingerprint density at radius 2 is 2.04 bits per heavy atom. The first kappa shape index (κ1) is 16.7. The average molecular weight is 347 g/mol. The second-order valence-corrected chi connectivity index (χ2v) is 6.51. The molecule has 1 aromatic carbocycles. The number of hydrogen-bond donors (Lipinski definition) is 2. The number of amides is 1. The summed E-state index contributed by atoms with van der Waals surface area (Å²) in [4.78, 5) is 13.7. The third-order valence-corrected chi connectivity index (χ3v) is 4.59. The summed E-state index contributed by atoms with van der Waals surface area (Å²) in [5, 5.41) is 4.71. The molecule has 0 aliphatic carbocycles. The van der Waals surface area contributed by atoms with Crippen molar-refractivity contribution < 1.29 is 14.1 Å². The molecule has 1 saturated heterocycles. The molecule has 1 fully saturated rings. The lowest BCUT2D eigenvalue weighted by atomic mass is 9.96. The van der Waals surface area contributed by atoms with Crippen LogP contribution in [0.2, 0.25) is 5.02 Å². The van der Waals surface area contributed by atoms with Crippen LogP contribution in [0.15, 0.2) is 52.2 Å². The van der Waals surface area contributed by atoms with E-state index in [1.165, 1.54) is 16.7 Å². The van der Waals surface area contributed by atoms with Crippen LogP contribution >= 0.6 is 11.6 Å². The number of hydrogen-bond acceptors (Lipinski definition) is 3. The zero-order valence-corrected chi connectivity index (χ0v) is 14.1. The van der Waals surface area contributed by atoms with E-state index >= 15 is 0 Å². The van der Waals surface area contributed by atoms with Gasteiger partial charge in [-0.3, -0.25) is 4.79 Å². The maximum Gasteiger partial charge on any atom is 0.243 e. The van der Waals surface area contributed by atoms with Crippen molar-refractivity contribution in [3.63, 3.8) is 0 Å². The molecule has 2 heterocycles. The van der Waals surface area contributed by atoms with Gasteiger partial charge in [0, 0.05) is 23.4 Å². The number of quaternary nitrogens is 1. The molecule has 1 aliphatic heterocycles. The van der Waals surface area contributed by atoms with Crippen LogP contribution in [0.5, 0.6) is 0 Å². The number of rotatable bonds is 5. The first-order valence-electron chi connectivity index (χ1n) is 8.15. The summed E-state index contributed by atoms with van der Waals surface area (Å²) in [6, 6.07) is 11.5. The van der Waals surface area contributed by atoms with Gasteiger partial charge in [-0.1, -0.05) is 23.7 Å². The number of nitrogens with zero attached hydrogens (tertiary/aromatic N) is 1. The van der Waals surface area contributed by atoms with E-state index in [0.29, 0.717) is 5.76 Å². The molecule has 1 aromatic heterocycles. The fourth-order valence-electron chi connectivity index (χ4n) is 2.97. The predicted octanol–water partition coefficient (Wildman–Crippen LogP) is 1.88. The van der Waals surface area contributed by atoms with Gasteiger partial charge in [0.1, 0.15) is 12.3 Å². The summed E-state index contributed by atoms with van der Waals surface area (Å²) in [5.74, 6) is 0.647. The Bertz CT molecular complexity index is 675. The topological polar surface area (TPSA) is 59.0 Å². The summed E-state index contributed by atoms with van der Waals surface area (Å²) >= 11 is 5.91. The summed E-state index contributed by atoms with van der Waals surface area (Å²) in [6.07, 6.45) is 4.84. The maximum atomic E-state index is 12.1. The van der Waals surface area contributed by atoms with Crippen LogP contribution in [0.1, 0.15) is 24.2 Å². The third-order valence-electron chi connectivity index (χ3n) is 4.34. The molecule has 24 heavy (non-hydrogen) atoms. The molecule has 2 N–H and O–H groups in total. The minimum absolute atomic E-state index is 0.0108. The van der Waals surface area contributed by atoms with Gasteiger partial charge in [0.15, 0.2) is 0 Å². The molecule has 6 heteroatoms. The van der Waals surface area contributed by atoms with Gasteiger partial charge in [-0.25, -0.2) is 5.43 Å². The molecule has 126 valence electrons. The Labute approximate surface area is 146 Å². The predicted molar refractivity (Wildman–Crippen MR) is 93.0 cm³/mol. The second-order valence-electron chi connectivity index (χ2n) is 6.08. The maximum absolute atomic E-state index is 12.1. The zero-order valence-electron chi connectivity index (χ0n) is 13.4. The van der Waals surface area contributed by atoms with E-state index in [4.69, 9.17) is 16.0 Å². The Kier molecular flexibility index (Phi) is 5.67. The highest BCUT2D eigenvalue weighted by molar-refractivity contribution is 6.30. The Hall–Kier alpha value is -2.11. The van der Waals surface area contributed by atoms with E-state index in [1.54, 1.807) is 18.4 Å². The van der Waals surface area contributed by atoms with Crippen molar-refractivity contribution in [2.24, 2.45) is 11.0 Å². The van der Waals surface area contributed by atoms with E-state index in [1.807, 2.05) is 12.1 Å². The quantitative estimate of drug-likeness (QED) is 0.641. The van der Waals surface area contributed by atoms with Crippen molar-refractivity contribution in [3.8, 4) is 0 Å². The first-order valence-corrected chi connectivity index (χ1v) is 8.53. The number of piperidine rings is 1. The van der Waals surface area contributed by atoms with Gasteiger partial charge in [-0.15, -0.1) is 0 Å². The number of likely N-dealkylation sites (tertiary alicyclic amines) is 1. The molecule has 2 aromatic rings. The van der Waals surface area contributed by atoms with Crippen LogP contribution in [0.25, 0.3) is 0 Å². The van der Waals surface area contributed by atoms with Gasteiger partial charge in [0.25, 0.3) is 0 Å². The number of benzene rings is 1. The van der Waals surface area contributed by atoms with E-state index in [9.17, 15) is 4.79 Å². The molecule has 0 radical (unpaired) electrons. The van der Waals surface area contributed by atoms with Crippen molar-refractivity contribution in [1.82, 2.24) is 5.43 Å². The molecule has 0 saturated carbocycles. The zero-order chi connectivity index (χ0) is 16.8. The molecule has 1 amide bonds. The molecule has 1 aliphatic rings. The first-order chi connectivity index (χ1) is 11.7. The van der Waals surface area contributed by atoms with Gasteiger partial charge in [0.2, 0.25) is 5.91 Å². The normalized spacial score (nSPS) is 21.0. The van der Waals surface area contributed by atoms with Gasteiger partial charge < -0.3 is 9.32 Å². The summed E-state index contributed by atoms with van der Waals surface area (Å²) in [7, 11) is 0. The lowest BCUT2D eigenvalue weighted by Crippen LogP contribution is -3.11. The average Bonchev–Trinajstić information content (AvgIpc) is 3.11. The number of carbonyl (C=O) groups is 1. The van der Waals surface area contributed by atoms with Crippen LogP contribution in [0.4, 0.5) is 0 Å². The summed E-state index contributed by atoms with van der Waals surface area (Å²) in [5.41, 5.74) is 3.89. The van der Waals surface area contributed by atoms with Crippen LogP contribution < -0.4 is 10.3 Å². The standard InChI is InChI=1S/C18H20ClN3O2/c19-16-5-3-14(4-6-16)13-22-9-7-15(8-10-22)18(23)21-20-12-17-2-1-11-24-17/h1-6,11-12,15H,7-10,13H2,(H,21,23)/p+1/b20-12-. The molecule has 3 rings (SSSR count). The molecular formula is C18H21ClN3O2+. The molecule has 0 bridgehead atoms. The van der Waals surface area contributed by atoms with Gasteiger partial charge >= 0.3 is 0 Å². The van der Waals surface area contributed by atoms with Crippen molar-refractivity contribution in [1.29, 1.82) is 0 Å². The number of hydrazone groups is 1. The minimum Gasteiger partial charge on any atom is -0.463 e. The van der Waals surface area contributed by atoms with Crippen molar-refractivity contribution in [2.75, 3.05) is 13.1 Å². The van der Waals surface area contributed by atoms with Gasteiger partial charge in [0.05, 0.1) is 31.5 Å². The highest BCUT2D eigenvalue weighted by Crippen LogP contribution is 2.11. The number of carbonyl (C=O) groups excluding carboxylic acids is 1. The smallest absolute Gasteiger partial charge is 0.243 e. The molecule has 5 nitrogen and oxygen atoms in total. The van der Waals surface area contributed by atoms with E-state index in [2.05, 4.69) is 22.7 Å². The minimum atomic E-state index is -0.0108. The van der Waals surface area contributed by atoms with Crippen LogP contribution in [-0.4, -0.2) is 25.2 Å². The van der Waals surface area contributed by atoms with Crippen LogP contribution in [-0.2, 0) is 11.3 Å². The van der Waals surface area contributed by atoms with Crippen molar-refractivity contribution >= 4 is 23.7 Å². The summed E-state index contributed by atoms with van der Waals surface area (Å²) < 4.78 is 5.13. The Morgan fingerprint density at radius 1 is 1.29 bits per heavy atom. The SMILES string of the molecule is O=C(N/N=C\c1ccco1)C1CC[NH+](Cc2ccc(Cl)cc2)CC1. The van der Waals surface area contributed by atoms with Crippen molar-refractivity contribution in [2.45, 2.75) is 19.4 Å².